The van der Waals surface area contributed by atoms with Crippen LogP contribution in [0.2, 0.25) is 0 Å². The summed E-state index contributed by atoms with van der Waals surface area (Å²) in [7, 11) is 1.79. The largest absolute Gasteiger partial charge is 0.496 e. The van der Waals surface area contributed by atoms with Crippen LogP contribution in [0.5, 0.6) is 5.75 Å². The fourth-order valence-corrected chi connectivity index (χ4v) is 5.90. The highest BCUT2D eigenvalue weighted by molar-refractivity contribution is 5.82. The van der Waals surface area contributed by atoms with E-state index in [1.165, 1.54) is 27.8 Å². The predicted molar refractivity (Wildman–Crippen MR) is 143 cm³/mol. The molecule has 2 heteroatoms. The Labute approximate surface area is 203 Å². The topological polar surface area (TPSA) is 21.3 Å². The highest BCUT2D eigenvalue weighted by Crippen LogP contribution is 2.53. The summed E-state index contributed by atoms with van der Waals surface area (Å²) in [6, 6.07) is 26.4. The van der Waals surface area contributed by atoms with E-state index >= 15 is 0 Å². The summed E-state index contributed by atoms with van der Waals surface area (Å²) in [5.74, 6) is 1.16. The van der Waals surface area contributed by atoms with E-state index in [2.05, 4.69) is 129 Å². The summed E-state index contributed by atoms with van der Waals surface area (Å²) < 4.78 is 6.15. The van der Waals surface area contributed by atoms with E-state index in [1.54, 1.807) is 7.11 Å². The highest BCUT2D eigenvalue weighted by atomic mass is 16.5. The Hall–Kier alpha value is -3.52. The molecule has 3 aromatic carbocycles. The van der Waals surface area contributed by atoms with Gasteiger partial charge in [0, 0.05) is 16.8 Å². The Morgan fingerprint density at radius 1 is 0.912 bits per heavy atom. The van der Waals surface area contributed by atoms with Crippen molar-refractivity contribution < 1.29 is 4.74 Å². The summed E-state index contributed by atoms with van der Waals surface area (Å²) >= 11 is 0. The molecule has 1 aliphatic carbocycles. The lowest BCUT2D eigenvalue weighted by molar-refractivity contribution is 0.380. The van der Waals surface area contributed by atoms with Crippen LogP contribution in [-0.2, 0) is 5.41 Å². The van der Waals surface area contributed by atoms with Crippen molar-refractivity contribution in [1.82, 2.24) is 0 Å². The van der Waals surface area contributed by atoms with Gasteiger partial charge in [-0.3, -0.25) is 0 Å². The number of benzene rings is 3. The van der Waals surface area contributed by atoms with Gasteiger partial charge >= 0.3 is 0 Å². The van der Waals surface area contributed by atoms with Gasteiger partial charge in [0.05, 0.1) is 18.1 Å². The standard InChI is InChI=1S/C32H33NO/c1-23-22-31(2,3)33-29-21-28(30(34-4)20-27(23)29)32(24-14-8-5-9-15-24,25-16-10-6-11-17-25)26-18-12-7-13-19-26/h5-18,20-22,26,33H,19H2,1-4H3/t26-/m1/s1. The van der Waals surface area contributed by atoms with Gasteiger partial charge in [-0.1, -0.05) is 91.0 Å². The lowest BCUT2D eigenvalue weighted by atomic mass is 9.59. The van der Waals surface area contributed by atoms with Crippen LogP contribution in [-0.4, -0.2) is 12.6 Å². The smallest absolute Gasteiger partial charge is 0.124 e. The van der Waals surface area contributed by atoms with E-state index in [9.17, 15) is 0 Å². The highest BCUT2D eigenvalue weighted by Gasteiger charge is 2.45. The molecule has 2 nitrogen and oxygen atoms in total. The molecule has 0 unspecified atom stereocenters. The van der Waals surface area contributed by atoms with Gasteiger partial charge in [-0.25, -0.2) is 0 Å². The molecule has 2 aliphatic rings. The Balaban J connectivity index is 1.88. The van der Waals surface area contributed by atoms with Gasteiger partial charge in [-0.05, 0) is 61.9 Å². The second kappa shape index (κ2) is 8.68. The first-order valence-electron chi connectivity index (χ1n) is 12.1. The quantitative estimate of drug-likeness (QED) is 0.403. The Bertz CT molecular complexity index is 1230. The molecule has 0 spiro atoms. The monoisotopic (exact) mass is 447 g/mol. The summed E-state index contributed by atoms with van der Waals surface area (Å²) in [4.78, 5) is 0. The molecule has 0 aromatic heterocycles. The second-order valence-electron chi connectivity index (χ2n) is 9.97. The van der Waals surface area contributed by atoms with Crippen molar-refractivity contribution in [3.63, 3.8) is 0 Å². The molecule has 3 aromatic rings. The Morgan fingerprint density at radius 2 is 1.56 bits per heavy atom. The van der Waals surface area contributed by atoms with Crippen LogP contribution in [0.25, 0.3) is 5.57 Å². The van der Waals surface area contributed by atoms with Crippen molar-refractivity contribution in [1.29, 1.82) is 0 Å². The zero-order valence-corrected chi connectivity index (χ0v) is 20.5. The maximum atomic E-state index is 6.15. The first kappa shape index (κ1) is 22.3. The number of hydrogen-bond donors (Lipinski definition) is 1. The van der Waals surface area contributed by atoms with Crippen molar-refractivity contribution in [2.75, 3.05) is 12.4 Å². The third-order valence-electron chi connectivity index (χ3n) is 7.22. The van der Waals surface area contributed by atoms with E-state index in [0.717, 1.165) is 17.9 Å². The lowest BCUT2D eigenvalue weighted by Gasteiger charge is -2.43. The van der Waals surface area contributed by atoms with Crippen LogP contribution in [0.3, 0.4) is 0 Å². The maximum Gasteiger partial charge on any atom is 0.124 e. The molecule has 1 heterocycles. The minimum Gasteiger partial charge on any atom is -0.496 e. The third kappa shape index (κ3) is 3.68. The molecule has 0 bridgehead atoms. The van der Waals surface area contributed by atoms with Crippen LogP contribution in [0, 0.1) is 5.92 Å². The number of allylic oxidation sites excluding steroid dienone is 5. The van der Waals surface area contributed by atoms with Crippen LogP contribution in [0.1, 0.15) is 49.4 Å². The molecular formula is C32H33NO. The van der Waals surface area contributed by atoms with Crippen LogP contribution in [0.15, 0.2) is 103 Å². The molecule has 0 fully saturated rings. The number of methoxy groups -OCH3 is 1. The summed E-state index contributed by atoms with van der Waals surface area (Å²) in [6.45, 7) is 6.64. The third-order valence-corrected chi connectivity index (χ3v) is 7.22. The molecule has 0 saturated heterocycles. The average molecular weight is 448 g/mol. The van der Waals surface area contributed by atoms with Gasteiger partial charge in [-0.2, -0.15) is 0 Å². The predicted octanol–water partition coefficient (Wildman–Crippen LogP) is 7.77. The van der Waals surface area contributed by atoms with E-state index in [-0.39, 0.29) is 11.5 Å². The first-order valence-corrected chi connectivity index (χ1v) is 12.1. The molecule has 0 saturated carbocycles. The normalized spacial score (nSPS) is 18.6. The number of anilines is 1. The van der Waals surface area contributed by atoms with Crippen LogP contribution < -0.4 is 10.1 Å². The first-order chi connectivity index (χ1) is 16.5. The molecule has 1 atom stereocenters. The van der Waals surface area contributed by atoms with E-state index in [0.29, 0.717) is 0 Å². The molecule has 1 N–H and O–H groups in total. The minimum atomic E-state index is -0.412. The Morgan fingerprint density at radius 3 is 2.12 bits per heavy atom. The van der Waals surface area contributed by atoms with Gasteiger partial charge in [0.15, 0.2) is 0 Å². The molecular weight excluding hydrogens is 414 g/mol. The van der Waals surface area contributed by atoms with E-state index in [4.69, 9.17) is 4.74 Å². The van der Waals surface area contributed by atoms with Crippen molar-refractivity contribution >= 4 is 11.3 Å². The summed E-state index contributed by atoms with van der Waals surface area (Å²) in [5.41, 5.74) is 6.84. The maximum absolute atomic E-state index is 6.15. The van der Waals surface area contributed by atoms with E-state index < -0.39 is 5.41 Å². The molecule has 0 amide bonds. The van der Waals surface area contributed by atoms with Crippen LogP contribution >= 0.6 is 0 Å². The zero-order chi connectivity index (χ0) is 23.8. The van der Waals surface area contributed by atoms with E-state index in [1.807, 2.05) is 0 Å². The van der Waals surface area contributed by atoms with Crippen molar-refractivity contribution in [3.05, 3.63) is 125 Å². The summed E-state index contributed by atoms with van der Waals surface area (Å²) in [5, 5.41) is 3.77. The van der Waals surface area contributed by atoms with Gasteiger partial charge in [0.25, 0.3) is 0 Å². The lowest BCUT2D eigenvalue weighted by Crippen LogP contribution is -2.38. The summed E-state index contributed by atoms with van der Waals surface area (Å²) in [6.07, 6.45) is 12.2. The molecule has 172 valence electrons. The minimum absolute atomic E-state index is 0.113. The second-order valence-corrected chi connectivity index (χ2v) is 9.97. The van der Waals surface area contributed by atoms with Gasteiger partial charge in [0.1, 0.15) is 5.75 Å². The van der Waals surface area contributed by atoms with Crippen molar-refractivity contribution in [3.8, 4) is 5.75 Å². The molecule has 1 aliphatic heterocycles. The Kier molecular flexibility index (Phi) is 5.69. The molecule has 5 rings (SSSR count). The SMILES string of the molecule is COc1cc2c(cc1C(c1ccccc1)(c1ccccc1)[C@@H]1C=CC=CC1)NC(C)(C)C=C2C. The van der Waals surface area contributed by atoms with Crippen molar-refractivity contribution in [2.24, 2.45) is 5.92 Å². The van der Waals surface area contributed by atoms with Crippen molar-refractivity contribution in [2.45, 2.75) is 38.1 Å². The number of fused-ring (bicyclic) bond motifs is 1. The number of ether oxygens (including phenoxy) is 1. The zero-order valence-electron chi connectivity index (χ0n) is 20.5. The average Bonchev–Trinajstić information content (AvgIpc) is 2.85. The van der Waals surface area contributed by atoms with Gasteiger partial charge in [-0.15, -0.1) is 0 Å². The molecule has 34 heavy (non-hydrogen) atoms. The van der Waals surface area contributed by atoms with Crippen LogP contribution in [0.4, 0.5) is 5.69 Å². The fourth-order valence-electron chi connectivity index (χ4n) is 5.90. The number of rotatable bonds is 5. The number of hydrogen-bond acceptors (Lipinski definition) is 2. The van der Waals surface area contributed by atoms with Gasteiger partial charge < -0.3 is 10.1 Å². The molecule has 0 radical (unpaired) electrons. The van der Waals surface area contributed by atoms with Gasteiger partial charge in [0.2, 0.25) is 0 Å². The number of nitrogens with one attached hydrogen (secondary N) is 1. The fraction of sp³-hybridized carbons (Fsp3) is 0.250.